The van der Waals surface area contributed by atoms with Gasteiger partial charge in [0.15, 0.2) is 0 Å². The highest BCUT2D eigenvalue weighted by Gasteiger charge is 2.17. The van der Waals surface area contributed by atoms with Gasteiger partial charge in [0, 0.05) is 56.9 Å². The molecule has 0 bridgehead atoms. The molecule has 1 unspecified atom stereocenters. The molecular formula is C21H28N6O. The van der Waals surface area contributed by atoms with E-state index in [2.05, 4.69) is 54.9 Å². The summed E-state index contributed by atoms with van der Waals surface area (Å²) in [5.74, 6) is 1.67. The van der Waals surface area contributed by atoms with E-state index >= 15 is 0 Å². The number of aliphatic hydroxyl groups is 1. The van der Waals surface area contributed by atoms with Gasteiger partial charge in [-0.1, -0.05) is 12.1 Å². The highest BCUT2D eigenvalue weighted by molar-refractivity contribution is 5.88. The van der Waals surface area contributed by atoms with E-state index in [0.29, 0.717) is 12.4 Å². The predicted molar refractivity (Wildman–Crippen MR) is 112 cm³/mol. The smallest absolute Gasteiger partial charge is 0.138 e. The fraction of sp³-hybridized carbons (Fsp3) is 0.429. The maximum atomic E-state index is 10.4. The minimum absolute atomic E-state index is 0.599. The van der Waals surface area contributed by atoms with Crippen molar-refractivity contribution in [2.45, 2.75) is 13.2 Å². The molecule has 1 aliphatic heterocycles. The van der Waals surface area contributed by atoms with E-state index < -0.39 is 6.23 Å². The lowest BCUT2D eigenvalue weighted by atomic mass is 10.1. The number of anilines is 1. The molecule has 3 aromatic rings. The third kappa shape index (κ3) is 4.01. The zero-order chi connectivity index (χ0) is 19.7. The molecule has 148 valence electrons. The molecule has 1 aliphatic rings. The van der Waals surface area contributed by atoms with Crippen molar-refractivity contribution in [3.8, 4) is 11.3 Å². The first-order chi connectivity index (χ1) is 13.5. The van der Waals surface area contributed by atoms with Crippen LogP contribution in [-0.4, -0.2) is 75.4 Å². The van der Waals surface area contributed by atoms with Crippen molar-refractivity contribution in [2.75, 3.05) is 45.1 Å². The number of nitrogens with one attached hydrogen (secondary N) is 1. The maximum Gasteiger partial charge on any atom is 0.138 e. The number of imidazole rings is 1. The second kappa shape index (κ2) is 7.87. The zero-order valence-electron chi connectivity index (χ0n) is 16.8. The van der Waals surface area contributed by atoms with Crippen LogP contribution in [0.2, 0.25) is 0 Å². The van der Waals surface area contributed by atoms with Crippen LogP contribution < -0.4 is 5.32 Å². The number of pyridine rings is 1. The highest BCUT2D eigenvalue weighted by atomic mass is 16.3. The quantitative estimate of drug-likeness (QED) is 0.659. The summed E-state index contributed by atoms with van der Waals surface area (Å²) in [5.41, 5.74) is 2.20. The number of likely N-dealkylation sites (N-methyl/N-ethyl adjacent to an activating group) is 1. The van der Waals surface area contributed by atoms with Crippen LogP contribution in [0.3, 0.4) is 0 Å². The molecule has 0 aliphatic carbocycles. The van der Waals surface area contributed by atoms with Gasteiger partial charge in [-0.2, -0.15) is 0 Å². The van der Waals surface area contributed by atoms with Crippen LogP contribution in [0.25, 0.3) is 22.0 Å². The number of rotatable bonds is 5. The SMILES string of the molecule is Cc1ncc(-c2ccc3cnc(NC(O)CN4CCN(C)CC4)cc3c2)n1C. The number of fused-ring (bicyclic) bond motifs is 1. The van der Waals surface area contributed by atoms with Crippen LogP contribution in [0, 0.1) is 6.92 Å². The Bertz CT molecular complexity index is 961. The minimum atomic E-state index is -0.642. The van der Waals surface area contributed by atoms with Gasteiger partial charge in [0.25, 0.3) is 0 Å². The Kier molecular flexibility index (Phi) is 5.30. The van der Waals surface area contributed by atoms with Gasteiger partial charge in [-0.05, 0) is 31.5 Å². The second-order valence-corrected chi connectivity index (χ2v) is 7.65. The van der Waals surface area contributed by atoms with Crippen LogP contribution in [0.5, 0.6) is 0 Å². The number of hydrogen-bond acceptors (Lipinski definition) is 6. The highest BCUT2D eigenvalue weighted by Crippen LogP contribution is 2.25. The predicted octanol–water partition coefficient (Wildman–Crippen LogP) is 1.92. The van der Waals surface area contributed by atoms with Crippen molar-refractivity contribution >= 4 is 16.6 Å². The Morgan fingerprint density at radius 2 is 1.82 bits per heavy atom. The fourth-order valence-electron chi connectivity index (χ4n) is 3.64. The van der Waals surface area contributed by atoms with Gasteiger partial charge in [0.05, 0.1) is 11.9 Å². The van der Waals surface area contributed by atoms with Gasteiger partial charge in [-0.15, -0.1) is 0 Å². The van der Waals surface area contributed by atoms with Crippen LogP contribution >= 0.6 is 0 Å². The molecule has 0 spiro atoms. The number of hydrogen-bond donors (Lipinski definition) is 2. The molecule has 28 heavy (non-hydrogen) atoms. The second-order valence-electron chi connectivity index (χ2n) is 7.65. The molecule has 0 radical (unpaired) electrons. The van der Waals surface area contributed by atoms with Crippen LogP contribution in [0.15, 0.2) is 36.7 Å². The third-order valence-corrected chi connectivity index (χ3v) is 5.58. The van der Waals surface area contributed by atoms with Gasteiger partial charge in [0.1, 0.15) is 17.9 Å². The molecule has 0 saturated carbocycles. The normalized spacial score (nSPS) is 17.1. The molecule has 7 nitrogen and oxygen atoms in total. The Balaban J connectivity index is 1.49. The van der Waals surface area contributed by atoms with E-state index in [9.17, 15) is 5.11 Å². The first-order valence-corrected chi connectivity index (χ1v) is 9.73. The van der Waals surface area contributed by atoms with Crippen LogP contribution in [0.4, 0.5) is 5.82 Å². The number of benzene rings is 1. The van der Waals surface area contributed by atoms with E-state index in [1.54, 1.807) is 0 Å². The van der Waals surface area contributed by atoms with Crippen molar-refractivity contribution in [2.24, 2.45) is 7.05 Å². The van der Waals surface area contributed by atoms with E-state index in [-0.39, 0.29) is 0 Å². The first-order valence-electron chi connectivity index (χ1n) is 9.73. The van der Waals surface area contributed by atoms with E-state index in [0.717, 1.165) is 54.0 Å². The molecule has 1 aromatic carbocycles. The molecular weight excluding hydrogens is 352 g/mol. The number of aryl methyl sites for hydroxylation is 1. The summed E-state index contributed by atoms with van der Waals surface area (Å²) in [4.78, 5) is 13.4. The number of aliphatic hydroxyl groups excluding tert-OH is 1. The number of aromatic nitrogens is 3. The standard InChI is InChI=1S/C21H28N6O/c1-15-22-13-19(26(15)3)16-4-5-17-12-23-20(11-18(17)10-16)24-21(28)14-27-8-6-25(2)7-9-27/h4-5,10-13,21,28H,6-9,14H2,1-3H3,(H,23,24). The number of β-amino-alcohol motifs (C(OH)–C–C–N with tert-alkyl or cyclic N) is 1. The van der Waals surface area contributed by atoms with Gasteiger partial charge in [-0.25, -0.2) is 9.97 Å². The Hall–Kier alpha value is -2.48. The zero-order valence-corrected chi connectivity index (χ0v) is 16.8. The van der Waals surface area contributed by atoms with Crippen molar-refractivity contribution in [3.05, 3.63) is 42.5 Å². The average Bonchev–Trinajstić information content (AvgIpc) is 3.02. The topological polar surface area (TPSA) is 69.5 Å². The van der Waals surface area contributed by atoms with E-state index in [1.807, 2.05) is 32.4 Å². The summed E-state index contributed by atoms with van der Waals surface area (Å²) < 4.78 is 2.08. The Morgan fingerprint density at radius 3 is 2.54 bits per heavy atom. The molecule has 2 aromatic heterocycles. The molecule has 3 heterocycles. The summed E-state index contributed by atoms with van der Waals surface area (Å²) in [6, 6.07) is 8.31. The molecule has 7 heteroatoms. The molecule has 1 atom stereocenters. The summed E-state index contributed by atoms with van der Waals surface area (Å²) in [5, 5.41) is 15.7. The van der Waals surface area contributed by atoms with Crippen LogP contribution in [0.1, 0.15) is 5.82 Å². The maximum absolute atomic E-state index is 10.4. The summed E-state index contributed by atoms with van der Waals surface area (Å²) in [6.07, 6.45) is 3.10. The first kappa shape index (κ1) is 18.9. The summed E-state index contributed by atoms with van der Waals surface area (Å²) >= 11 is 0. The lowest BCUT2D eigenvalue weighted by Gasteiger charge is -2.33. The largest absolute Gasteiger partial charge is 0.372 e. The monoisotopic (exact) mass is 380 g/mol. The van der Waals surface area contributed by atoms with E-state index in [1.165, 1.54) is 0 Å². The minimum Gasteiger partial charge on any atom is -0.372 e. The van der Waals surface area contributed by atoms with Crippen molar-refractivity contribution in [1.29, 1.82) is 0 Å². The molecule has 0 amide bonds. The Morgan fingerprint density at radius 1 is 1.04 bits per heavy atom. The van der Waals surface area contributed by atoms with Crippen LogP contribution in [-0.2, 0) is 7.05 Å². The van der Waals surface area contributed by atoms with Crippen molar-refractivity contribution in [3.63, 3.8) is 0 Å². The molecule has 2 N–H and O–H groups in total. The lowest BCUT2D eigenvalue weighted by Crippen LogP contribution is -2.48. The van der Waals surface area contributed by atoms with Crippen molar-refractivity contribution in [1.82, 2.24) is 24.3 Å². The van der Waals surface area contributed by atoms with Gasteiger partial charge in [0.2, 0.25) is 0 Å². The summed E-state index contributed by atoms with van der Waals surface area (Å²) in [6.45, 7) is 6.64. The number of piperazine rings is 1. The van der Waals surface area contributed by atoms with Gasteiger partial charge < -0.3 is 19.9 Å². The lowest BCUT2D eigenvalue weighted by molar-refractivity contribution is 0.0938. The average molecular weight is 380 g/mol. The van der Waals surface area contributed by atoms with E-state index in [4.69, 9.17) is 0 Å². The number of nitrogens with zero attached hydrogens (tertiary/aromatic N) is 5. The molecule has 1 fully saturated rings. The molecule has 4 rings (SSSR count). The Labute approximate surface area is 165 Å². The molecule has 1 saturated heterocycles. The third-order valence-electron chi connectivity index (χ3n) is 5.58. The van der Waals surface area contributed by atoms with Gasteiger partial charge in [-0.3, -0.25) is 4.90 Å². The fourth-order valence-corrected chi connectivity index (χ4v) is 3.64. The van der Waals surface area contributed by atoms with Gasteiger partial charge >= 0.3 is 0 Å². The van der Waals surface area contributed by atoms with Crippen molar-refractivity contribution < 1.29 is 5.11 Å². The summed E-state index contributed by atoms with van der Waals surface area (Å²) in [7, 11) is 4.15.